The molecule has 0 bridgehead atoms. The van der Waals surface area contributed by atoms with Crippen molar-refractivity contribution in [2.75, 3.05) is 13.6 Å². The van der Waals surface area contributed by atoms with Crippen LogP contribution in [0.2, 0.25) is 0 Å². The lowest BCUT2D eigenvalue weighted by molar-refractivity contribution is -0.158. The Labute approximate surface area is 175 Å². The molecule has 0 saturated heterocycles. The summed E-state index contributed by atoms with van der Waals surface area (Å²) in [5, 5.41) is 0. The quantitative estimate of drug-likeness (QED) is 0.519. The number of nitrogens with zero attached hydrogens (tertiary/aromatic N) is 2. The third-order valence-corrected chi connectivity index (χ3v) is 4.96. The van der Waals surface area contributed by atoms with Crippen LogP contribution in [0.25, 0.3) is 0 Å². The summed E-state index contributed by atoms with van der Waals surface area (Å²) in [5.74, 6) is -1.81. The summed E-state index contributed by atoms with van der Waals surface area (Å²) in [7, 11) is 1.64. The number of hydrogen-bond donors (Lipinski definition) is 0. The van der Waals surface area contributed by atoms with Gasteiger partial charge in [-0.15, -0.1) is 0 Å². The molecule has 1 heterocycles. The summed E-state index contributed by atoms with van der Waals surface area (Å²) < 4.78 is 5.22. The number of benzene rings is 2. The van der Waals surface area contributed by atoms with Gasteiger partial charge in [-0.05, 0) is 31.5 Å². The zero-order valence-electron chi connectivity index (χ0n) is 17.3. The molecule has 0 radical (unpaired) electrons. The van der Waals surface area contributed by atoms with Gasteiger partial charge in [0.25, 0.3) is 17.7 Å². The first-order chi connectivity index (χ1) is 14.3. The van der Waals surface area contributed by atoms with Crippen LogP contribution < -0.4 is 0 Å². The highest BCUT2D eigenvalue weighted by Gasteiger charge is 2.35. The maximum absolute atomic E-state index is 12.5. The average molecular weight is 408 g/mol. The zero-order chi connectivity index (χ0) is 21.8. The highest BCUT2D eigenvalue weighted by Crippen LogP contribution is 2.24. The van der Waals surface area contributed by atoms with Crippen LogP contribution in [0.3, 0.4) is 0 Å². The van der Waals surface area contributed by atoms with Gasteiger partial charge in [-0.3, -0.25) is 24.1 Å². The fourth-order valence-corrected chi connectivity index (χ4v) is 3.36. The highest BCUT2D eigenvalue weighted by molar-refractivity contribution is 6.21. The first kappa shape index (κ1) is 21.2. The van der Waals surface area contributed by atoms with Gasteiger partial charge in [0.2, 0.25) is 0 Å². The van der Waals surface area contributed by atoms with Crippen LogP contribution >= 0.6 is 0 Å². The molecule has 30 heavy (non-hydrogen) atoms. The normalized spacial score (nSPS) is 13.8. The molecule has 1 aliphatic heterocycles. The van der Waals surface area contributed by atoms with E-state index in [0.29, 0.717) is 17.7 Å². The van der Waals surface area contributed by atoms with E-state index in [2.05, 4.69) is 0 Å². The molecule has 7 nitrogen and oxygen atoms in total. The Balaban J connectivity index is 1.51. The molecule has 3 rings (SSSR count). The van der Waals surface area contributed by atoms with Crippen LogP contribution in [-0.4, -0.2) is 53.2 Å². The first-order valence-electron chi connectivity index (χ1n) is 9.73. The number of esters is 1. The van der Waals surface area contributed by atoms with Crippen molar-refractivity contribution in [2.45, 2.75) is 32.9 Å². The van der Waals surface area contributed by atoms with E-state index < -0.39 is 23.9 Å². The zero-order valence-corrected chi connectivity index (χ0v) is 17.3. The Morgan fingerprint density at radius 1 is 1.03 bits per heavy atom. The van der Waals surface area contributed by atoms with E-state index >= 15 is 0 Å². The van der Waals surface area contributed by atoms with Gasteiger partial charge in [-0.25, -0.2) is 0 Å². The molecular formula is C23H24N2O5. The molecule has 0 saturated carbocycles. The van der Waals surface area contributed by atoms with Gasteiger partial charge in [0, 0.05) is 20.1 Å². The van der Waals surface area contributed by atoms with E-state index in [-0.39, 0.29) is 18.9 Å². The molecule has 7 heteroatoms. The maximum Gasteiger partial charge on any atom is 0.308 e. The van der Waals surface area contributed by atoms with Gasteiger partial charge in [-0.1, -0.05) is 42.0 Å². The van der Waals surface area contributed by atoms with E-state index in [1.165, 1.54) is 11.8 Å². The predicted octanol–water partition coefficient (Wildman–Crippen LogP) is 2.57. The summed E-state index contributed by atoms with van der Waals surface area (Å²) in [6.07, 6.45) is -1.14. The molecule has 1 atom stereocenters. The highest BCUT2D eigenvalue weighted by atomic mass is 16.5. The molecule has 0 fully saturated rings. The van der Waals surface area contributed by atoms with Crippen molar-refractivity contribution in [3.8, 4) is 0 Å². The molecule has 2 aromatic carbocycles. The van der Waals surface area contributed by atoms with E-state index in [4.69, 9.17) is 4.74 Å². The number of imide groups is 1. The first-order valence-corrected chi connectivity index (χ1v) is 9.73. The lowest BCUT2D eigenvalue weighted by atomic mass is 10.1. The molecule has 0 N–H and O–H groups in total. The lowest BCUT2D eigenvalue weighted by Gasteiger charge is -2.22. The number of fused-ring (bicyclic) bond motifs is 1. The molecular weight excluding hydrogens is 384 g/mol. The molecule has 2 aromatic rings. The van der Waals surface area contributed by atoms with Gasteiger partial charge in [-0.2, -0.15) is 0 Å². The number of carbonyl (C=O) groups excluding carboxylic acids is 4. The second kappa shape index (κ2) is 8.90. The van der Waals surface area contributed by atoms with Crippen molar-refractivity contribution in [1.29, 1.82) is 0 Å². The lowest BCUT2D eigenvalue weighted by Crippen LogP contribution is -2.38. The summed E-state index contributed by atoms with van der Waals surface area (Å²) in [5.41, 5.74) is 2.53. The Morgan fingerprint density at radius 3 is 2.40 bits per heavy atom. The van der Waals surface area contributed by atoms with Crippen molar-refractivity contribution in [3.05, 3.63) is 70.8 Å². The fraction of sp³-hybridized carbons (Fsp3) is 0.304. The van der Waals surface area contributed by atoms with Crippen LogP contribution in [0.5, 0.6) is 0 Å². The Bertz CT molecular complexity index is 986. The number of hydrogen-bond acceptors (Lipinski definition) is 5. The smallest absolute Gasteiger partial charge is 0.308 e. The number of aryl methyl sites for hydroxylation is 1. The van der Waals surface area contributed by atoms with Gasteiger partial charge in [0.05, 0.1) is 17.5 Å². The van der Waals surface area contributed by atoms with Crippen LogP contribution in [0.15, 0.2) is 48.5 Å². The predicted molar refractivity (Wildman–Crippen MR) is 110 cm³/mol. The summed E-state index contributed by atoms with van der Waals surface area (Å²) >= 11 is 0. The monoisotopic (exact) mass is 408 g/mol. The molecule has 156 valence electrons. The molecule has 0 aliphatic carbocycles. The van der Waals surface area contributed by atoms with Crippen molar-refractivity contribution in [1.82, 2.24) is 9.80 Å². The molecule has 1 aliphatic rings. The second-order valence-corrected chi connectivity index (χ2v) is 7.37. The standard InChI is InChI=1S/C23H24N2O5/c1-15-9-10-18-19(13-15)23(29)25(22(18)28)12-11-20(26)30-16(2)21(27)24(3)14-17-7-5-4-6-8-17/h4-10,13,16H,11-12,14H2,1-3H3. The van der Waals surface area contributed by atoms with Crippen LogP contribution in [0, 0.1) is 6.92 Å². The summed E-state index contributed by atoms with van der Waals surface area (Å²) in [6, 6.07) is 14.5. The van der Waals surface area contributed by atoms with Crippen LogP contribution in [0.1, 0.15) is 45.2 Å². The number of rotatable bonds is 7. The molecule has 0 spiro atoms. The minimum Gasteiger partial charge on any atom is -0.452 e. The Hall–Kier alpha value is -3.48. The molecule has 3 amide bonds. The van der Waals surface area contributed by atoms with E-state index in [0.717, 1.165) is 16.0 Å². The third-order valence-electron chi connectivity index (χ3n) is 4.96. The Kier molecular flexibility index (Phi) is 6.30. The molecule has 0 aromatic heterocycles. The minimum atomic E-state index is -0.962. The number of ether oxygens (including phenoxy) is 1. The van der Waals surface area contributed by atoms with E-state index in [1.807, 2.05) is 37.3 Å². The van der Waals surface area contributed by atoms with Gasteiger partial charge >= 0.3 is 5.97 Å². The fourth-order valence-electron chi connectivity index (χ4n) is 3.36. The SMILES string of the molecule is Cc1ccc2c(c1)C(=O)N(CCC(=O)OC(C)C(=O)N(C)Cc1ccccc1)C2=O. The minimum absolute atomic E-state index is 0.0923. The third kappa shape index (κ3) is 4.56. The second-order valence-electron chi connectivity index (χ2n) is 7.37. The largest absolute Gasteiger partial charge is 0.452 e. The van der Waals surface area contributed by atoms with Crippen molar-refractivity contribution >= 4 is 23.7 Å². The van der Waals surface area contributed by atoms with Crippen molar-refractivity contribution in [3.63, 3.8) is 0 Å². The van der Waals surface area contributed by atoms with Gasteiger partial charge < -0.3 is 9.64 Å². The van der Waals surface area contributed by atoms with Gasteiger partial charge in [0.15, 0.2) is 6.10 Å². The number of carbonyl (C=O) groups is 4. The molecule has 1 unspecified atom stereocenters. The van der Waals surface area contributed by atoms with Gasteiger partial charge in [0.1, 0.15) is 0 Å². The summed E-state index contributed by atoms with van der Waals surface area (Å²) in [6.45, 7) is 3.65. The average Bonchev–Trinajstić information content (AvgIpc) is 2.95. The topological polar surface area (TPSA) is 84.0 Å². The van der Waals surface area contributed by atoms with Crippen LogP contribution in [0.4, 0.5) is 0 Å². The van der Waals surface area contributed by atoms with E-state index in [9.17, 15) is 19.2 Å². The van der Waals surface area contributed by atoms with Crippen molar-refractivity contribution in [2.24, 2.45) is 0 Å². The Morgan fingerprint density at radius 2 is 1.70 bits per heavy atom. The number of likely N-dealkylation sites (N-methyl/N-ethyl adjacent to an activating group) is 1. The maximum atomic E-state index is 12.5. The van der Waals surface area contributed by atoms with Crippen molar-refractivity contribution < 1.29 is 23.9 Å². The van der Waals surface area contributed by atoms with E-state index in [1.54, 1.807) is 25.2 Å². The number of amides is 3. The summed E-state index contributed by atoms with van der Waals surface area (Å²) in [4.78, 5) is 52.1. The van der Waals surface area contributed by atoms with Crippen LogP contribution in [-0.2, 0) is 20.9 Å².